The minimum Gasteiger partial charge on any atom is -0.394 e. The standard InChI is InChI=1S/C83H129N21O18/c1-3-5-7-8-9-10-11-12-13-14-15-16-20-33-69(109)92-46-71(111)94-65(48-105)79(119)98-60(34-36-68(84)108)75(115)101-64(42-53-45-88-50-93-53)78(118)103-66(49-106)80(120)97-58(29-6-4-2)73(113)99-61-35-37-70(110)89-38-24-23-31-57(72(85)112)95-77(117)63(41-52-44-91-56-30-22-21-28-55(52)56)100-74(114)59(32-25-39-90-83(86)87)96-76(116)62(40-51-26-18-17-19-27-51)102-81(121)67-43-54(107)47-104(67)82(61)122/h17-19,21-22,26-28,30,44,50,53-54,57-67,91,105-107H,3-16,20,23-25,29,31-43,45-49H2,1-2H3,(H2,84,108)(H2,85,112)(H,88,93)(H,89,110)(H,92,109)(H,94,111)(H,95,117)(H,96,116)(H,97,120)(H,98,119)(H,99,113)(H,100,114)(H,101,115)(H,102,121)(H,103,118)(H4,86,87,90)/t53?,54-,57+,58+,59+,60+,61+,62-,63+,64+,65?,66+,67+/m1/s1. The third-order valence-corrected chi connectivity index (χ3v) is 21.6. The summed E-state index contributed by atoms with van der Waals surface area (Å²) < 4.78 is 0. The predicted molar refractivity (Wildman–Crippen MR) is 452 cm³/mol. The van der Waals surface area contributed by atoms with Crippen molar-refractivity contribution in [2.24, 2.45) is 22.2 Å². The number of primary amides is 2. The van der Waals surface area contributed by atoms with Crippen LogP contribution in [-0.4, -0.2) is 251 Å². The van der Waals surface area contributed by atoms with Gasteiger partial charge in [0.25, 0.3) is 0 Å². The summed E-state index contributed by atoms with van der Waals surface area (Å²) in [6.07, 6.45) is 14.4. The maximum absolute atomic E-state index is 15.3. The van der Waals surface area contributed by atoms with E-state index >= 15 is 4.79 Å². The van der Waals surface area contributed by atoms with Gasteiger partial charge in [-0.2, -0.15) is 0 Å². The van der Waals surface area contributed by atoms with Crippen molar-refractivity contribution in [3.63, 3.8) is 0 Å². The molecule has 2 saturated heterocycles. The lowest BCUT2D eigenvalue weighted by atomic mass is 10.0. The Hall–Kier alpha value is -11.4. The summed E-state index contributed by atoms with van der Waals surface area (Å²) in [5.74, 6) is -14.1. The highest BCUT2D eigenvalue weighted by atomic mass is 16.3. The number of aliphatic hydroxyl groups excluding tert-OH is 3. The number of hydrogen-bond acceptors (Lipinski definition) is 21. The molecule has 39 nitrogen and oxygen atoms in total. The summed E-state index contributed by atoms with van der Waals surface area (Å²) in [4.78, 5) is 220. The van der Waals surface area contributed by atoms with Gasteiger partial charge in [0.15, 0.2) is 5.96 Å². The Labute approximate surface area is 710 Å². The number of aromatic amines is 1. The second-order valence-electron chi connectivity index (χ2n) is 31.4. The average molecular weight is 1710 g/mol. The smallest absolute Gasteiger partial charge is 0.245 e. The molecule has 1 aromatic heterocycles. The molecule has 15 amide bonds. The monoisotopic (exact) mass is 1710 g/mol. The molecule has 4 heterocycles. The van der Waals surface area contributed by atoms with Crippen LogP contribution in [0.5, 0.6) is 0 Å². The summed E-state index contributed by atoms with van der Waals surface area (Å²) in [6, 6.07) is -2.43. The molecule has 25 N–H and O–H groups in total. The van der Waals surface area contributed by atoms with E-state index in [0.29, 0.717) is 24.0 Å². The van der Waals surface area contributed by atoms with Gasteiger partial charge in [-0.15, -0.1) is 0 Å². The van der Waals surface area contributed by atoms with Crippen molar-refractivity contribution in [2.75, 3.05) is 45.9 Å². The highest BCUT2D eigenvalue weighted by molar-refractivity contribution is 6.00. The number of unbranched alkanes of at least 4 members (excludes halogenated alkanes) is 13. The van der Waals surface area contributed by atoms with Crippen LogP contribution < -0.4 is 91.6 Å². The topological polar surface area (TPSA) is 618 Å². The number of fused-ring (bicyclic) bond motifs is 2. The molecular weight excluding hydrogens is 1580 g/mol. The molecule has 2 fully saturated rings. The van der Waals surface area contributed by atoms with Crippen LogP contribution in [0, 0.1) is 5.41 Å². The number of benzene rings is 2. The third kappa shape index (κ3) is 35.4. The lowest BCUT2D eigenvalue weighted by molar-refractivity contribution is -0.143. The van der Waals surface area contributed by atoms with E-state index in [4.69, 9.17) is 22.6 Å². The van der Waals surface area contributed by atoms with E-state index in [1.807, 2.05) is 12.1 Å². The van der Waals surface area contributed by atoms with Gasteiger partial charge in [-0.3, -0.25) is 82.3 Å². The number of guanidine groups is 1. The Morgan fingerprint density at radius 2 is 1.16 bits per heavy atom. The van der Waals surface area contributed by atoms with Gasteiger partial charge in [-0.05, 0) is 75.0 Å². The van der Waals surface area contributed by atoms with Crippen molar-refractivity contribution in [3.05, 3.63) is 71.9 Å². The van der Waals surface area contributed by atoms with E-state index in [-0.39, 0.29) is 96.2 Å². The maximum atomic E-state index is 15.3. The molecule has 0 radical (unpaired) electrons. The zero-order valence-corrected chi connectivity index (χ0v) is 70.1. The molecule has 2 aromatic carbocycles. The molecular formula is C83H129N21O18. The molecule has 0 bridgehead atoms. The second-order valence-corrected chi connectivity index (χ2v) is 31.4. The highest BCUT2D eigenvalue weighted by Gasteiger charge is 2.44. The van der Waals surface area contributed by atoms with Gasteiger partial charge in [0.05, 0.1) is 38.2 Å². The molecule has 2 unspecified atom stereocenters. The van der Waals surface area contributed by atoms with E-state index in [9.17, 15) is 82.4 Å². The Kier molecular flexibility index (Phi) is 44.1. The first kappa shape index (κ1) is 99.5. The predicted octanol–water partition coefficient (Wildman–Crippen LogP) is -1.98. The number of hydrogen-bond donors (Lipinski definition) is 22. The number of aromatic nitrogens is 1. The zero-order valence-electron chi connectivity index (χ0n) is 70.1. The van der Waals surface area contributed by atoms with Crippen LogP contribution in [0.4, 0.5) is 0 Å². The fraction of sp³-hybridized carbons (Fsp3) is 0.627. The first-order valence-electron chi connectivity index (χ1n) is 42.9. The maximum Gasteiger partial charge on any atom is 0.245 e. The molecule has 3 aliphatic rings. The Morgan fingerprint density at radius 1 is 0.590 bits per heavy atom. The number of H-pyrrole nitrogens is 1. The van der Waals surface area contributed by atoms with Gasteiger partial charge in [-0.25, -0.2) is 0 Å². The Morgan fingerprint density at radius 3 is 1.80 bits per heavy atom. The van der Waals surface area contributed by atoms with E-state index in [1.54, 1.807) is 55.6 Å². The van der Waals surface area contributed by atoms with Crippen molar-refractivity contribution in [1.29, 1.82) is 5.41 Å². The van der Waals surface area contributed by atoms with E-state index in [2.05, 4.69) is 91.3 Å². The minimum atomic E-state index is -1.88. The van der Waals surface area contributed by atoms with Crippen molar-refractivity contribution < 1.29 is 87.2 Å². The number of nitrogens with one attached hydrogen (secondary N) is 16. The molecule has 6 rings (SSSR count). The molecule has 122 heavy (non-hydrogen) atoms. The van der Waals surface area contributed by atoms with Crippen LogP contribution in [0.3, 0.4) is 0 Å². The number of rotatable bonds is 46. The van der Waals surface area contributed by atoms with Crippen LogP contribution in [-0.2, 0) is 84.8 Å². The van der Waals surface area contributed by atoms with Crippen LogP contribution in [0.15, 0.2) is 65.8 Å². The SMILES string of the molecule is CCCCCCCCCCCCCCCC(=O)NCC(=O)NC(CO)C(=O)N[C@@H](CCC(N)=O)C(=O)N[C@@H](CC1CNC=N1)C(=O)N[C@@H](CO)C(=O)N[C@@H](CCCC)C(=O)N[C@H]1CCC(=O)NCCCC[C@@H](C(N)=O)NC(=O)[C@H](Cc2c[nH]c3ccccc23)NC(=O)[C@H](CCCNC(=N)N)NC(=O)[C@@H](Cc2ccccc2)NC(=O)[C@@H]2C[C@@H](O)CN2C1=O. The lowest BCUT2D eigenvalue weighted by Crippen LogP contribution is -2.61. The van der Waals surface area contributed by atoms with Crippen molar-refractivity contribution in [1.82, 2.24) is 84.3 Å². The third-order valence-electron chi connectivity index (χ3n) is 21.6. The number of amides is 15. The highest BCUT2D eigenvalue weighted by Crippen LogP contribution is 2.24. The number of nitrogens with two attached hydrogens (primary N) is 3. The molecule has 3 aliphatic heterocycles. The van der Waals surface area contributed by atoms with Gasteiger partial charge >= 0.3 is 0 Å². The number of para-hydroxylation sites is 1. The largest absolute Gasteiger partial charge is 0.394 e. The molecule has 0 aliphatic carbocycles. The molecule has 674 valence electrons. The van der Waals surface area contributed by atoms with Gasteiger partial charge in [-0.1, -0.05) is 152 Å². The van der Waals surface area contributed by atoms with E-state index < -0.39 is 226 Å². The molecule has 0 saturated carbocycles. The number of aliphatic hydroxyl groups is 3. The zero-order chi connectivity index (χ0) is 88.9. The summed E-state index contributed by atoms with van der Waals surface area (Å²) in [7, 11) is 0. The molecule has 13 atom stereocenters. The summed E-state index contributed by atoms with van der Waals surface area (Å²) >= 11 is 0. The summed E-state index contributed by atoms with van der Waals surface area (Å²) in [5, 5.41) is 77.3. The molecule has 0 spiro atoms. The van der Waals surface area contributed by atoms with Gasteiger partial charge in [0.2, 0.25) is 88.6 Å². The van der Waals surface area contributed by atoms with Crippen molar-refractivity contribution in [3.8, 4) is 0 Å². The average Bonchev–Trinajstić information content (AvgIpc) is 1.70. The van der Waals surface area contributed by atoms with Gasteiger partial charge in [0.1, 0.15) is 66.5 Å². The van der Waals surface area contributed by atoms with E-state index in [1.165, 1.54) is 57.7 Å². The molecule has 3 aromatic rings. The van der Waals surface area contributed by atoms with Crippen LogP contribution in [0.2, 0.25) is 0 Å². The van der Waals surface area contributed by atoms with Crippen LogP contribution >= 0.6 is 0 Å². The Bertz CT molecular complexity index is 3980. The Balaban J connectivity index is 1.19. The lowest BCUT2D eigenvalue weighted by Gasteiger charge is -2.31. The fourth-order valence-corrected chi connectivity index (χ4v) is 14.6. The summed E-state index contributed by atoms with van der Waals surface area (Å²) in [5.41, 5.74) is 18.8. The fourth-order valence-electron chi connectivity index (χ4n) is 14.6. The van der Waals surface area contributed by atoms with Crippen LogP contribution in [0.25, 0.3) is 10.9 Å². The van der Waals surface area contributed by atoms with Gasteiger partial charge < -0.3 is 117 Å². The quantitative estimate of drug-likeness (QED) is 0.0166. The first-order chi connectivity index (χ1) is 58.6. The number of nitrogens with zero attached hydrogens (tertiary/aromatic N) is 2. The number of aliphatic imine (C=N–C) groups is 1. The van der Waals surface area contributed by atoms with Gasteiger partial charge in [0, 0.05) is 88.2 Å². The van der Waals surface area contributed by atoms with Crippen molar-refractivity contribution >= 4 is 112 Å². The molecule has 39 heteroatoms. The number of carbonyl (C=O) groups is 15. The number of carbonyl (C=O) groups excluding carboxylic acids is 15. The minimum absolute atomic E-state index is 0.0114. The first-order valence-corrected chi connectivity index (χ1v) is 42.9. The van der Waals surface area contributed by atoms with Crippen molar-refractivity contribution in [2.45, 2.75) is 285 Å². The summed E-state index contributed by atoms with van der Waals surface area (Å²) in [6.45, 7) is 1.03. The second kappa shape index (κ2) is 54.1. The van der Waals surface area contributed by atoms with E-state index in [0.717, 1.165) is 41.5 Å². The normalized spacial score (nSPS) is 20.7. The van der Waals surface area contributed by atoms with Crippen LogP contribution in [0.1, 0.15) is 205 Å².